The molecule has 0 saturated heterocycles. The normalized spacial score (nSPS) is 23.8. The summed E-state index contributed by atoms with van der Waals surface area (Å²) in [6.45, 7) is -0.671. The van der Waals surface area contributed by atoms with Crippen LogP contribution in [0.2, 0.25) is 0 Å². The Labute approximate surface area is 117 Å². The molecule has 7 heteroatoms. The summed E-state index contributed by atoms with van der Waals surface area (Å²) in [5.74, 6) is -2.78. The van der Waals surface area contributed by atoms with Crippen LogP contribution in [0.5, 0.6) is 0 Å². The van der Waals surface area contributed by atoms with Gasteiger partial charge in [0, 0.05) is 0 Å². The second-order valence-electron chi connectivity index (χ2n) is 2.31. The molecule has 0 radical (unpaired) electrons. The van der Waals surface area contributed by atoms with Crippen LogP contribution in [0, 0.1) is 0 Å². The molecule has 1 aliphatic heterocycles. The summed E-state index contributed by atoms with van der Waals surface area (Å²) in [5.41, 5.74) is 0. The number of ether oxygens (including phenoxy) is 1. The Morgan fingerprint density at radius 1 is 1.54 bits per heavy atom. The van der Waals surface area contributed by atoms with E-state index in [1.54, 1.807) is 0 Å². The molecule has 6 nitrogen and oxygen atoms in total. The molecular formula is C6H10BaO6. The summed E-state index contributed by atoms with van der Waals surface area (Å²) in [4.78, 5) is 10.5. The Kier molecular flexibility index (Phi) is 5.37. The quantitative estimate of drug-likeness (QED) is 0.362. The van der Waals surface area contributed by atoms with Crippen LogP contribution in [0.25, 0.3) is 0 Å². The molecule has 0 spiro atoms. The molecule has 0 aromatic rings. The molecule has 1 aliphatic rings. The SMILES string of the molecule is O=C1O[C@H](C(O)CO)C(O)=C1O.[Ba+2].[H-].[H-]. The van der Waals surface area contributed by atoms with Gasteiger partial charge in [-0.15, -0.1) is 0 Å². The van der Waals surface area contributed by atoms with Crippen molar-refractivity contribution in [2.45, 2.75) is 12.2 Å². The molecule has 1 unspecified atom stereocenters. The number of esters is 1. The van der Waals surface area contributed by atoms with E-state index in [2.05, 4.69) is 4.74 Å². The fourth-order valence-corrected chi connectivity index (χ4v) is 0.823. The molecule has 0 bridgehead atoms. The molecule has 2 atom stereocenters. The summed E-state index contributed by atoms with van der Waals surface area (Å²) >= 11 is 0. The molecule has 0 amide bonds. The van der Waals surface area contributed by atoms with Gasteiger partial charge in [-0.25, -0.2) is 4.79 Å². The van der Waals surface area contributed by atoms with Gasteiger partial charge in [-0.2, -0.15) is 0 Å². The molecule has 0 saturated carbocycles. The summed E-state index contributed by atoms with van der Waals surface area (Å²) < 4.78 is 4.32. The van der Waals surface area contributed by atoms with Crippen LogP contribution in [0.3, 0.4) is 0 Å². The summed E-state index contributed by atoms with van der Waals surface area (Å²) in [6, 6.07) is 0. The van der Waals surface area contributed by atoms with Crippen LogP contribution in [0.15, 0.2) is 11.5 Å². The minimum absolute atomic E-state index is 0. The van der Waals surface area contributed by atoms with Crippen molar-refractivity contribution in [3.63, 3.8) is 0 Å². The van der Waals surface area contributed by atoms with Crippen molar-refractivity contribution in [1.29, 1.82) is 0 Å². The molecule has 0 fully saturated rings. The van der Waals surface area contributed by atoms with Gasteiger partial charge in [-0.3, -0.25) is 0 Å². The summed E-state index contributed by atoms with van der Waals surface area (Å²) in [7, 11) is 0. The minimum Gasteiger partial charge on any atom is -1.00 e. The molecule has 0 aromatic carbocycles. The average molecular weight is 315 g/mol. The van der Waals surface area contributed by atoms with Gasteiger partial charge in [-0.05, 0) is 0 Å². The Morgan fingerprint density at radius 3 is 2.38 bits per heavy atom. The van der Waals surface area contributed by atoms with E-state index < -0.39 is 36.3 Å². The average Bonchev–Trinajstić information content (AvgIpc) is 2.32. The van der Waals surface area contributed by atoms with E-state index in [1.165, 1.54) is 0 Å². The van der Waals surface area contributed by atoms with Crippen molar-refractivity contribution >= 4 is 54.9 Å². The third-order valence-electron chi connectivity index (χ3n) is 1.48. The number of aliphatic hydroxyl groups is 4. The summed E-state index contributed by atoms with van der Waals surface area (Å²) in [5, 5.41) is 35.0. The monoisotopic (exact) mass is 316 g/mol. The van der Waals surface area contributed by atoms with Gasteiger partial charge in [0.25, 0.3) is 0 Å². The molecule has 1 heterocycles. The van der Waals surface area contributed by atoms with Crippen LogP contribution in [-0.2, 0) is 9.53 Å². The number of hydrogen-bond acceptors (Lipinski definition) is 6. The Balaban J connectivity index is -0.000000480. The zero-order valence-electron chi connectivity index (χ0n) is 8.67. The maximum atomic E-state index is 10.5. The van der Waals surface area contributed by atoms with Gasteiger partial charge in [0.15, 0.2) is 11.9 Å². The van der Waals surface area contributed by atoms with Crippen LogP contribution < -0.4 is 0 Å². The zero-order valence-corrected chi connectivity index (χ0v) is 11.1. The van der Waals surface area contributed by atoms with E-state index in [1.807, 2.05) is 0 Å². The number of carbonyl (C=O) groups excluding carboxylic acids is 1. The van der Waals surface area contributed by atoms with Crippen molar-refractivity contribution in [3.8, 4) is 0 Å². The van der Waals surface area contributed by atoms with E-state index >= 15 is 0 Å². The Bertz CT molecular complexity index is 246. The standard InChI is InChI=1S/C6H8O6.Ba.2H/c7-1-2(8)5-3(9)4(10)6(11)12-5;;;/h2,5,7-10H,1H2;;;/q;+2;2*-1/t2?,5-;;;/m1.../s1. The first-order valence-corrected chi connectivity index (χ1v) is 3.20. The van der Waals surface area contributed by atoms with Crippen LogP contribution in [0.1, 0.15) is 2.85 Å². The number of carbonyl (C=O) groups is 1. The second kappa shape index (κ2) is 5.25. The van der Waals surface area contributed by atoms with Crippen molar-refractivity contribution in [1.82, 2.24) is 0 Å². The maximum absolute atomic E-state index is 10.5. The maximum Gasteiger partial charge on any atom is 2.00 e. The van der Waals surface area contributed by atoms with E-state index in [0.717, 1.165) is 0 Å². The van der Waals surface area contributed by atoms with Gasteiger partial charge in [-0.1, -0.05) is 0 Å². The van der Waals surface area contributed by atoms with Gasteiger partial charge in [0.05, 0.1) is 6.61 Å². The van der Waals surface area contributed by atoms with Crippen molar-refractivity contribution in [3.05, 3.63) is 11.5 Å². The van der Waals surface area contributed by atoms with E-state index in [4.69, 9.17) is 20.4 Å². The second-order valence-corrected chi connectivity index (χ2v) is 2.31. The van der Waals surface area contributed by atoms with Crippen molar-refractivity contribution in [2.75, 3.05) is 6.61 Å². The third kappa shape index (κ3) is 2.62. The predicted molar refractivity (Wildman–Crippen MR) is 43.2 cm³/mol. The molecule has 4 N–H and O–H groups in total. The van der Waals surface area contributed by atoms with Crippen LogP contribution in [-0.4, -0.2) is 94.1 Å². The molecular weight excluding hydrogens is 305 g/mol. The molecule has 0 aromatic heterocycles. The number of aliphatic hydroxyl groups excluding tert-OH is 4. The van der Waals surface area contributed by atoms with Crippen LogP contribution in [0.4, 0.5) is 0 Å². The van der Waals surface area contributed by atoms with Crippen LogP contribution >= 0.6 is 0 Å². The van der Waals surface area contributed by atoms with Crippen molar-refractivity contribution < 1.29 is 32.8 Å². The Morgan fingerprint density at radius 2 is 2.08 bits per heavy atom. The fraction of sp³-hybridized carbons (Fsp3) is 0.500. The minimum atomic E-state index is -1.42. The van der Waals surface area contributed by atoms with E-state index in [0.29, 0.717) is 0 Å². The fourth-order valence-electron chi connectivity index (χ4n) is 0.823. The first-order valence-electron chi connectivity index (χ1n) is 3.20. The first kappa shape index (κ1) is 13.3. The largest absolute Gasteiger partial charge is 2.00 e. The van der Waals surface area contributed by atoms with Gasteiger partial charge in [0.2, 0.25) is 5.76 Å². The van der Waals surface area contributed by atoms with E-state index in [-0.39, 0.29) is 51.7 Å². The Hall–Kier alpha value is 0.301. The predicted octanol–water partition coefficient (Wildman–Crippen LogP) is -1.56. The topological polar surface area (TPSA) is 107 Å². The van der Waals surface area contributed by atoms with E-state index in [9.17, 15) is 4.79 Å². The van der Waals surface area contributed by atoms with Gasteiger partial charge < -0.3 is 28.0 Å². The van der Waals surface area contributed by atoms with Gasteiger partial charge >= 0.3 is 54.9 Å². The number of hydrogen-bond donors (Lipinski definition) is 4. The van der Waals surface area contributed by atoms with Gasteiger partial charge in [0.1, 0.15) is 6.10 Å². The molecule has 0 aliphatic carbocycles. The number of cyclic esters (lactones) is 1. The molecule has 72 valence electrons. The summed E-state index contributed by atoms with van der Waals surface area (Å²) in [6.07, 6.45) is -2.78. The first-order chi connectivity index (χ1) is 5.57. The molecule has 1 rings (SSSR count). The molecule has 13 heavy (non-hydrogen) atoms. The third-order valence-corrected chi connectivity index (χ3v) is 1.48. The zero-order chi connectivity index (χ0) is 9.30. The number of rotatable bonds is 2. The van der Waals surface area contributed by atoms with Crippen molar-refractivity contribution in [2.24, 2.45) is 0 Å². The smallest absolute Gasteiger partial charge is 1.00 e.